The van der Waals surface area contributed by atoms with Gasteiger partial charge in [-0.1, -0.05) is 26.7 Å². The zero-order valence-electron chi connectivity index (χ0n) is 11.6. The quantitative estimate of drug-likeness (QED) is 0.770. The van der Waals surface area contributed by atoms with Gasteiger partial charge in [0.1, 0.15) is 6.04 Å². The SMILES string of the molecule is CC(C)C[C@H](NS(=O)(=O)N1CCCCCC1)C(=O)O. The Morgan fingerprint density at radius 2 is 1.74 bits per heavy atom. The first-order valence-corrected chi connectivity index (χ1v) is 8.27. The topological polar surface area (TPSA) is 86.7 Å². The summed E-state index contributed by atoms with van der Waals surface area (Å²) in [6.45, 7) is 4.69. The average Bonchev–Trinajstić information content (AvgIpc) is 2.55. The van der Waals surface area contributed by atoms with Crippen LogP contribution in [0.2, 0.25) is 0 Å². The van der Waals surface area contributed by atoms with Crippen molar-refractivity contribution in [1.29, 1.82) is 0 Å². The maximum atomic E-state index is 12.2. The van der Waals surface area contributed by atoms with Gasteiger partial charge in [-0.15, -0.1) is 0 Å². The van der Waals surface area contributed by atoms with Gasteiger partial charge in [-0.2, -0.15) is 17.4 Å². The maximum absolute atomic E-state index is 12.2. The number of nitrogens with one attached hydrogen (secondary N) is 1. The highest BCUT2D eigenvalue weighted by molar-refractivity contribution is 7.87. The first-order chi connectivity index (χ1) is 8.83. The monoisotopic (exact) mass is 292 g/mol. The van der Waals surface area contributed by atoms with E-state index >= 15 is 0 Å². The van der Waals surface area contributed by atoms with Crippen LogP contribution in [0.3, 0.4) is 0 Å². The molecule has 1 heterocycles. The predicted molar refractivity (Wildman–Crippen MR) is 73.0 cm³/mol. The molecule has 0 aromatic heterocycles. The molecule has 0 radical (unpaired) electrons. The molecule has 1 fully saturated rings. The van der Waals surface area contributed by atoms with Gasteiger partial charge in [0.15, 0.2) is 0 Å². The third kappa shape index (κ3) is 5.46. The molecule has 1 atom stereocenters. The Kier molecular flexibility index (Phi) is 6.22. The van der Waals surface area contributed by atoms with Gasteiger partial charge in [0, 0.05) is 13.1 Å². The number of rotatable bonds is 6. The van der Waals surface area contributed by atoms with Gasteiger partial charge >= 0.3 is 5.97 Å². The molecule has 1 rings (SSSR count). The third-order valence-electron chi connectivity index (χ3n) is 3.20. The minimum Gasteiger partial charge on any atom is -0.480 e. The number of nitrogens with zero attached hydrogens (tertiary/aromatic N) is 1. The molecule has 2 N–H and O–H groups in total. The number of hydrogen-bond acceptors (Lipinski definition) is 3. The van der Waals surface area contributed by atoms with Crippen LogP contribution in [0, 0.1) is 5.92 Å². The van der Waals surface area contributed by atoms with Gasteiger partial charge in [0.05, 0.1) is 0 Å². The van der Waals surface area contributed by atoms with Gasteiger partial charge in [-0.05, 0) is 25.2 Å². The summed E-state index contributed by atoms with van der Waals surface area (Å²) in [5.74, 6) is -1.000. The second-order valence-electron chi connectivity index (χ2n) is 5.46. The van der Waals surface area contributed by atoms with Crippen LogP contribution < -0.4 is 4.72 Å². The lowest BCUT2D eigenvalue weighted by molar-refractivity contribution is -0.139. The second kappa shape index (κ2) is 7.21. The summed E-state index contributed by atoms with van der Waals surface area (Å²) >= 11 is 0. The first-order valence-electron chi connectivity index (χ1n) is 6.83. The van der Waals surface area contributed by atoms with Crippen molar-refractivity contribution in [3.8, 4) is 0 Å². The van der Waals surface area contributed by atoms with Crippen LogP contribution in [0.5, 0.6) is 0 Å². The van der Waals surface area contributed by atoms with Crippen molar-refractivity contribution in [1.82, 2.24) is 9.03 Å². The van der Waals surface area contributed by atoms with Gasteiger partial charge in [-0.25, -0.2) is 0 Å². The van der Waals surface area contributed by atoms with Gasteiger partial charge < -0.3 is 5.11 Å². The molecule has 0 bridgehead atoms. The molecule has 0 spiro atoms. The molecule has 0 unspecified atom stereocenters. The Morgan fingerprint density at radius 3 is 2.16 bits per heavy atom. The van der Waals surface area contributed by atoms with E-state index in [1.807, 2.05) is 13.8 Å². The standard InChI is InChI=1S/C12H24N2O4S/c1-10(2)9-11(12(15)16)13-19(17,18)14-7-5-3-4-6-8-14/h10-11,13H,3-9H2,1-2H3,(H,15,16)/t11-/m0/s1. The number of hydrogen-bond donors (Lipinski definition) is 2. The highest BCUT2D eigenvalue weighted by Gasteiger charge is 2.29. The smallest absolute Gasteiger partial charge is 0.321 e. The molecular formula is C12H24N2O4S. The molecule has 0 aromatic rings. The van der Waals surface area contributed by atoms with E-state index in [1.54, 1.807) is 0 Å². The molecule has 0 aliphatic carbocycles. The van der Waals surface area contributed by atoms with E-state index in [2.05, 4.69) is 4.72 Å². The van der Waals surface area contributed by atoms with Crippen molar-refractivity contribution < 1.29 is 18.3 Å². The van der Waals surface area contributed by atoms with E-state index < -0.39 is 22.2 Å². The number of carbonyl (C=O) groups is 1. The predicted octanol–water partition coefficient (Wildman–Crippen LogP) is 1.20. The normalized spacial score (nSPS) is 20.2. The van der Waals surface area contributed by atoms with Crippen molar-refractivity contribution in [3.63, 3.8) is 0 Å². The zero-order chi connectivity index (χ0) is 14.5. The van der Waals surface area contributed by atoms with Crippen LogP contribution in [0.4, 0.5) is 0 Å². The molecule has 0 saturated carbocycles. The Morgan fingerprint density at radius 1 is 1.21 bits per heavy atom. The summed E-state index contributed by atoms with van der Waals surface area (Å²) in [5.41, 5.74) is 0. The largest absolute Gasteiger partial charge is 0.480 e. The Labute approximate surface area is 115 Å². The fourth-order valence-corrected chi connectivity index (χ4v) is 3.65. The van der Waals surface area contributed by atoms with Crippen molar-refractivity contribution in [2.75, 3.05) is 13.1 Å². The van der Waals surface area contributed by atoms with Crippen LogP contribution in [0.1, 0.15) is 46.0 Å². The summed E-state index contributed by atoms with van der Waals surface area (Å²) in [6, 6.07) is -1.05. The Hall–Kier alpha value is -0.660. The lowest BCUT2D eigenvalue weighted by atomic mass is 10.1. The van der Waals surface area contributed by atoms with Gasteiger partial charge in [0.2, 0.25) is 0 Å². The number of carboxylic acid groups (broad SMARTS) is 1. The fourth-order valence-electron chi connectivity index (χ4n) is 2.21. The molecule has 112 valence electrons. The van der Waals surface area contributed by atoms with Crippen LogP contribution in [0.15, 0.2) is 0 Å². The molecule has 19 heavy (non-hydrogen) atoms. The van der Waals surface area contributed by atoms with E-state index in [9.17, 15) is 13.2 Å². The number of carboxylic acids is 1. The van der Waals surface area contributed by atoms with Crippen molar-refractivity contribution in [2.24, 2.45) is 5.92 Å². The van der Waals surface area contributed by atoms with Crippen LogP contribution in [-0.2, 0) is 15.0 Å². The van der Waals surface area contributed by atoms with E-state index in [4.69, 9.17) is 5.11 Å². The summed E-state index contributed by atoms with van der Waals surface area (Å²) in [7, 11) is -3.69. The molecule has 1 aliphatic rings. The number of aliphatic carboxylic acids is 1. The van der Waals surface area contributed by atoms with Gasteiger partial charge in [0.25, 0.3) is 10.2 Å². The molecule has 0 aromatic carbocycles. The van der Waals surface area contributed by atoms with E-state index in [1.165, 1.54) is 4.31 Å². The van der Waals surface area contributed by atoms with Crippen LogP contribution in [0.25, 0.3) is 0 Å². The second-order valence-corrected chi connectivity index (χ2v) is 7.16. The van der Waals surface area contributed by atoms with Crippen molar-refractivity contribution >= 4 is 16.2 Å². The average molecular weight is 292 g/mol. The lowest BCUT2D eigenvalue weighted by Crippen LogP contribution is -2.49. The molecule has 6 nitrogen and oxygen atoms in total. The zero-order valence-corrected chi connectivity index (χ0v) is 12.4. The van der Waals surface area contributed by atoms with Crippen molar-refractivity contribution in [3.05, 3.63) is 0 Å². The maximum Gasteiger partial charge on any atom is 0.321 e. The molecular weight excluding hydrogens is 268 g/mol. The first kappa shape index (κ1) is 16.4. The third-order valence-corrected chi connectivity index (χ3v) is 4.83. The highest BCUT2D eigenvalue weighted by Crippen LogP contribution is 2.14. The fraction of sp³-hybridized carbons (Fsp3) is 0.917. The van der Waals surface area contributed by atoms with Crippen LogP contribution >= 0.6 is 0 Å². The van der Waals surface area contributed by atoms with Gasteiger partial charge in [-0.3, -0.25) is 4.79 Å². The molecule has 1 saturated heterocycles. The van der Waals surface area contributed by atoms with Crippen molar-refractivity contribution in [2.45, 2.75) is 52.0 Å². The summed E-state index contributed by atoms with van der Waals surface area (Å²) in [4.78, 5) is 11.1. The molecule has 1 aliphatic heterocycles. The molecule has 0 amide bonds. The Bertz CT molecular complexity index is 387. The van der Waals surface area contributed by atoms with E-state index in [-0.39, 0.29) is 5.92 Å². The van der Waals surface area contributed by atoms with Crippen LogP contribution in [-0.4, -0.2) is 42.9 Å². The molecule has 7 heteroatoms. The summed E-state index contributed by atoms with van der Waals surface area (Å²) in [5, 5.41) is 9.09. The summed E-state index contributed by atoms with van der Waals surface area (Å²) < 4.78 is 28.1. The lowest BCUT2D eigenvalue weighted by Gasteiger charge is -2.23. The van der Waals surface area contributed by atoms with E-state index in [0.29, 0.717) is 19.5 Å². The Balaban J connectivity index is 2.72. The minimum atomic E-state index is -3.69. The summed E-state index contributed by atoms with van der Waals surface area (Å²) in [6.07, 6.45) is 4.02. The highest BCUT2D eigenvalue weighted by atomic mass is 32.2. The van der Waals surface area contributed by atoms with E-state index in [0.717, 1.165) is 25.7 Å². The minimum absolute atomic E-state index is 0.118.